The van der Waals surface area contributed by atoms with E-state index in [9.17, 15) is 13.6 Å². The number of halogens is 2. The maximum absolute atomic E-state index is 12.1. The molecule has 0 heterocycles. The molecule has 2 aromatic rings. The van der Waals surface area contributed by atoms with Crippen LogP contribution in [0.1, 0.15) is 10.4 Å². The van der Waals surface area contributed by atoms with Gasteiger partial charge in [0.05, 0.1) is 0 Å². The van der Waals surface area contributed by atoms with Crippen LogP contribution in [0.2, 0.25) is 0 Å². The Hall–Kier alpha value is -2.54. The predicted molar refractivity (Wildman–Crippen MR) is 83.2 cm³/mol. The number of alkyl halides is 2. The molecule has 2 N–H and O–H groups in total. The highest BCUT2D eigenvalue weighted by molar-refractivity contribution is 7.80. The summed E-state index contributed by atoms with van der Waals surface area (Å²) in [6.45, 7) is -2.90. The lowest BCUT2D eigenvalue weighted by Gasteiger charge is -2.11. The molecule has 0 atom stereocenters. The summed E-state index contributed by atoms with van der Waals surface area (Å²) >= 11 is 5.01. The number of benzene rings is 2. The third kappa shape index (κ3) is 4.78. The second-order valence-electron chi connectivity index (χ2n) is 4.18. The topological polar surface area (TPSA) is 50.4 Å². The zero-order valence-corrected chi connectivity index (χ0v) is 12.1. The van der Waals surface area contributed by atoms with Crippen LogP contribution >= 0.6 is 12.2 Å². The Morgan fingerprint density at radius 1 is 1.09 bits per heavy atom. The highest BCUT2D eigenvalue weighted by Crippen LogP contribution is 2.19. The van der Waals surface area contributed by atoms with E-state index in [4.69, 9.17) is 12.2 Å². The van der Waals surface area contributed by atoms with Gasteiger partial charge in [0.15, 0.2) is 5.11 Å². The third-order valence-corrected chi connectivity index (χ3v) is 2.78. The van der Waals surface area contributed by atoms with Gasteiger partial charge in [-0.3, -0.25) is 10.1 Å². The first-order valence-corrected chi connectivity index (χ1v) is 6.67. The SMILES string of the molecule is O=C(NC(=S)Nc1cccc(OC(F)F)c1)c1ccccc1. The van der Waals surface area contributed by atoms with Gasteiger partial charge in [-0.1, -0.05) is 24.3 Å². The number of ether oxygens (including phenoxy) is 1. The van der Waals surface area contributed by atoms with Crippen LogP contribution < -0.4 is 15.4 Å². The van der Waals surface area contributed by atoms with Crippen LogP contribution in [0.5, 0.6) is 5.75 Å². The Morgan fingerprint density at radius 3 is 2.50 bits per heavy atom. The number of hydrogen-bond acceptors (Lipinski definition) is 3. The van der Waals surface area contributed by atoms with Crippen molar-refractivity contribution < 1.29 is 18.3 Å². The van der Waals surface area contributed by atoms with Crippen LogP contribution in [0.4, 0.5) is 14.5 Å². The molecule has 4 nitrogen and oxygen atoms in total. The van der Waals surface area contributed by atoms with Crippen molar-refractivity contribution in [2.45, 2.75) is 6.61 Å². The molecule has 0 aliphatic carbocycles. The molecule has 0 aromatic heterocycles. The second kappa shape index (κ2) is 7.46. The summed E-state index contributed by atoms with van der Waals surface area (Å²) in [6, 6.07) is 14.4. The van der Waals surface area contributed by atoms with Crippen molar-refractivity contribution in [2.75, 3.05) is 5.32 Å². The molecule has 0 saturated heterocycles. The van der Waals surface area contributed by atoms with Crippen molar-refractivity contribution in [3.05, 3.63) is 60.2 Å². The monoisotopic (exact) mass is 322 g/mol. The largest absolute Gasteiger partial charge is 0.435 e. The first kappa shape index (κ1) is 15.8. The molecule has 0 aliphatic rings. The van der Waals surface area contributed by atoms with E-state index in [0.717, 1.165) is 0 Å². The minimum absolute atomic E-state index is 0.00261. The Morgan fingerprint density at radius 2 is 1.82 bits per heavy atom. The standard InChI is InChI=1S/C15H12F2N2O2S/c16-14(17)21-12-8-4-7-11(9-12)18-15(22)19-13(20)10-5-2-1-3-6-10/h1-9,14H,(H2,18,19,20,22). The Kier molecular flexibility index (Phi) is 5.37. The van der Waals surface area contributed by atoms with E-state index in [0.29, 0.717) is 11.3 Å². The van der Waals surface area contributed by atoms with Gasteiger partial charge < -0.3 is 10.1 Å². The van der Waals surface area contributed by atoms with Crippen molar-refractivity contribution in [3.63, 3.8) is 0 Å². The molecule has 2 aromatic carbocycles. The van der Waals surface area contributed by atoms with Crippen LogP contribution in [-0.2, 0) is 0 Å². The maximum atomic E-state index is 12.1. The summed E-state index contributed by atoms with van der Waals surface area (Å²) in [4.78, 5) is 11.9. The summed E-state index contributed by atoms with van der Waals surface area (Å²) in [5, 5.41) is 5.29. The summed E-state index contributed by atoms with van der Waals surface area (Å²) < 4.78 is 28.6. The lowest BCUT2D eigenvalue weighted by atomic mass is 10.2. The normalized spacial score (nSPS) is 10.1. The molecule has 0 aliphatic heterocycles. The highest BCUT2D eigenvalue weighted by Gasteiger charge is 2.08. The zero-order chi connectivity index (χ0) is 15.9. The summed E-state index contributed by atoms with van der Waals surface area (Å²) in [6.07, 6.45) is 0. The van der Waals surface area contributed by atoms with Crippen molar-refractivity contribution in [1.29, 1.82) is 0 Å². The van der Waals surface area contributed by atoms with Crippen LogP contribution in [0.25, 0.3) is 0 Å². The number of carbonyl (C=O) groups excluding carboxylic acids is 1. The summed E-state index contributed by atoms with van der Waals surface area (Å²) in [5.41, 5.74) is 0.887. The highest BCUT2D eigenvalue weighted by atomic mass is 32.1. The van der Waals surface area contributed by atoms with E-state index in [1.165, 1.54) is 18.2 Å². The van der Waals surface area contributed by atoms with Crippen LogP contribution in [0.3, 0.4) is 0 Å². The summed E-state index contributed by atoms with van der Waals surface area (Å²) in [7, 11) is 0. The number of thiocarbonyl (C=S) groups is 1. The number of hydrogen-bond donors (Lipinski definition) is 2. The molecular formula is C15H12F2N2O2S. The average Bonchev–Trinajstić information content (AvgIpc) is 2.47. The maximum Gasteiger partial charge on any atom is 0.387 e. The zero-order valence-electron chi connectivity index (χ0n) is 11.3. The molecule has 0 spiro atoms. The van der Waals surface area contributed by atoms with Crippen LogP contribution in [0, 0.1) is 0 Å². The minimum Gasteiger partial charge on any atom is -0.435 e. The smallest absolute Gasteiger partial charge is 0.387 e. The van der Waals surface area contributed by atoms with E-state index in [2.05, 4.69) is 15.4 Å². The van der Waals surface area contributed by atoms with E-state index in [-0.39, 0.29) is 16.8 Å². The Balaban J connectivity index is 1.96. The van der Waals surface area contributed by atoms with E-state index in [1.807, 2.05) is 0 Å². The van der Waals surface area contributed by atoms with Crippen molar-refractivity contribution in [3.8, 4) is 5.75 Å². The molecule has 7 heteroatoms. The van der Waals surface area contributed by atoms with Crippen molar-refractivity contribution in [1.82, 2.24) is 5.32 Å². The molecule has 1 amide bonds. The molecule has 0 fully saturated rings. The lowest BCUT2D eigenvalue weighted by Crippen LogP contribution is -2.34. The van der Waals surface area contributed by atoms with Crippen molar-refractivity contribution >= 4 is 28.9 Å². The Labute approximate surface area is 131 Å². The van der Waals surface area contributed by atoms with Crippen LogP contribution in [-0.4, -0.2) is 17.6 Å². The first-order valence-electron chi connectivity index (χ1n) is 6.27. The minimum atomic E-state index is -2.90. The van der Waals surface area contributed by atoms with Crippen LogP contribution in [0.15, 0.2) is 54.6 Å². The van der Waals surface area contributed by atoms with Gasteiger partial charge in [-0.05, 0) is 36.5 Å². The molecule has 0 unspecified atom stereocenters. The Bertz CT molecular complexity index is 666. The molecule has 114 valence electrons. The lowest BCUT2D eigenvalue weighted by molar-refractivity contribution is -0.0498. The predicted octanol–water partition coefficient (Wildman–Crippen LogP) is 3.41. The van der Waals surface area contributed by atoms with E-state index in [1.54, 1.807) is 36.4 Å². The number of anilines is 1. The average molecular weight is 322 g/mol. The molecule has 22 heavy (non-hydrogen) atoms. The third-order valence-electron chi connectivity index (χ3n) is 2.58. The number of rotatable bonds is 4. The van der Waals surface area contributed by atoms with Gasteiger partial charge in [0, 0.05) is 17.3 Å². The summed E-state index contributed by atoms with van der Waals surface area (Å²) in [5.74, 6) is -0.365. The van der Waals surface area contributed by atoms with E-state index < -0.39 is 6.61 Å². The van der Waals surface area contributed by atoms with Gasteiger partial charge in [-0.15, -0.1) is 0 Å². The fourth-order valence-electron chi connectivity index (χ4n) is 1.68. The molecule has 0 bridgehead atoms. The van der Waals surface area contributed by atoms with Gasteiger partial charge in [-0.2, -0.15) is 8.78 Å². The van der Waals surface area contributed by atoms with Gasteiger partial charge in [0.2, 0.25) is 0 Å². The van der Waals surface area contributed by atoms with Gasteiger partial charge in [0.1, 0.15) is 5.75 Å². The van der Waals surface area contributed by atoms with Gasteiger partial charge >= 0.3 is 6.61 Å². The van der Waals surface area contributed by atoms with Gasteiger partial charge in [0.25, 0.3) is 5.91 Å². The molecule has 2 rings (SSSR count). The number of nitrogens with one attached hydrogen (secondary N) is 2. The quantitative estimate of drug-likeness (QED) is 0.847. The van der Waals surface area contributed by atoms with Gasteiger partial charge in [-0.25, -0.2) is 0 Å². The molecular weight excluding hydrogens is 310 g/mol. The fraction of sp³-hybridized carbons (Fsp3) is 0.0667. The fourth-order valence-corrected chi connectivity index (χ4v) is 1.89. The van der Waals surface area contributed by atoms with E-state index >= 15 is 0 Å². The molecule has 0 radical (unpaired) electrons. The van der Waals surface area contributed by atoms with Crippen molar-refractivity contribution in [2.24, 2.45) is 0 Å². The molecule has 0 saturated carbocycles. The first-order chi connectivity index (χ1) is 10.5. The second-order valence-corrected chi connectivity index (χ2v) is 4.59. The number of amides is 1. The number of carbonyl (C=O) groups is 1.